The second-order valence-electron chi connectivity index (χ2n) is 6.59. The summed E-state index contributed by atoms with van der Waals surface area (Å²) < 4.78 is 1.51. The van der Waals surface area contributed by atoms with Gasteiger partial charge in [0.2, 0.25) is 0 Å². The van der Waals surface area contributed by atoms with Gasteiger partial charge in [-0.25, -0.2) is 0 Å². The SMILES string of the molecule is C[SiH](C)[Ti+2]([CH]1C=Cc2ccccc21)[CH]1C=Cc2ccccc21.[F-].[F-]. The first-order chi connectivity index (χ1) is 10.8. The Labute approximate surface area is 149 Å². The largest absolute Gasteiger partial charge is 1.00 e. The molecule has 0 saturated heterocycles. The molecule has 2 aromatic rings. The minimum Gasteiger partial charge on any atom is -1.00 e. The van der Waals surface area contributed by atoms with Crippen molar-refractivity contribution in [3.8, 4) is 0 Å². The molecule has 2 aliphatic rings. The third-order valence-corrected chi connectivity index (χ3v) is 19.3. The molecular weight excluding hydrogens is 354 g/mol. The van der Waals surface area contributed by atoms with Crippen LogP contribution in [-0.2, 0) is 17.1 Å². The molecule has 2 aromatic carbocycles. The van der Waals surface area contributed by atoms with E-state index in [9.17, 15) is 0 Å². The monoisotopic (exact) mass is 375 g/mol. The quantitative estimate of drug-likeness (QED) is 0.613. The molecule has 2 aliphatic carbocycles. The summed E-state index contributed by atoms with van der Waals surface area (Å²) in [7, 11) is 0. The Morgan fingerprint density at radius 1 is 0.708 bits per heavy atom. The van der Waals surface area contributed by atoms with E-state index in [1.807, 2.05) is 0 Å². The zero-order valence-corrected chi connectivity index (χ0v) is 16.6. The fourth-order valence-corrected chi connectivity index (χ4v) is 18.1. The van der Waals surface area contributed by atoms with Crippen molar-refractivity contribution in [1.29, 1.82) is 0 Å². The number of rotatable bonds is 3. The molecule has 0 fully saturated rings. The summed E-state index contributed by atoms with van der Waals surface area (Å²) in [6.45, 7) is 4.52. The maximum Gasteiger partial charge on any atom is -1.00 e. The second-order valence-corrected chi connectivity index (χ2v) is 20.6. The predicted octanol–water partition coefficient (Wildman–Crippen LogP) is -0.868. The van der Waals surface area contributed by atoms with Crippen LogP contribution in [0.15, 0.2) is 60.7 Å². The van der Waals surface area contributed by atoms with Crippen LogP contribution in [-0.4, -0.2) is 6.66 Å². The first-order valence-corrected chi connectivity index (χ1v) is 15.6. The van der Waals surface area contributed by atoms with Crippen molar-refractivity contribution in [3.63, 3.8) is 0 Å². The van der Waals surface area contributed by atoms with Crippen molar-refractivity contribution < 1.29 is 26.5 Å². The summed E-state index contributed by atoms with van der Waals surface area (Å²) in [5.41, 5.74) is 6.14. The van der Waals surface area contributed by atoms with Crippen LogP contribution in [0.25, 0.3) is 12.2 Å². The Balaban J connectivity index is 0.00000104. The Morgan fingerprint density at radius 2 is 1.12 bits per heavy atom. The van der Waals surface area contributed by atoms with E-state index in [0.29, 0.717) is 0 Å². The fraction of sp³-hybridized carbons (Fsp3) is 0.200. The van der Waals surface area contributed by atoms with Gasteiger partial charge in [0.05, 0.1) is 0 Å². The van der Waals surface area contributed by atoms with Gasteiger partial charge in [-0.2, -0.15) is 0 Å². The molecule has 0 radical (unpaired) electrons. The van der Waals surface area contributed by atoms with E-state index in [2.05, 4.69) is 85.9 Å². The molecule has 4 heteroatoms. The minimum atomic E-state index is -1.25. The van der Waals surface area contributed by atoms with Crippen LogP contribution >= 0.6 is 0 Å². The molecule has 2 unspecified atom stereocenters. The average molecular weight is 375 g/mol. The van der Waals surface area contributed by atoms with Crippen molar-refractivity contribution >= 4 is 18.8 Å². The van der Waals surface area contributed by atoms with Crippen molar-refractivity contribution in [2.24, 2.45) is 0 Å². The van der Waals surface area contributed by atoms with Gasteiger partial charge in [0.25, 0.3) is 0 Å². The van der Waals surface area contributed by atoms with Gasteiger partial charge in [0.1, 0.15) is 0 Å². The van der Waals surface area contributed by atoms with Gasteiger partial charge in [-0.05, 0) is 0 Å². The molecule has 2 atom stereocenters. The summed E-state index contributed by atoms with van der Waals surface area (Å²) in [5, 5.41) is 0. The van der Waals surface area contributed by atoms with E-state index in [0.717, 1.165) is 8.45 Å². The molecule has 4 rings (SSSR count). The molecule has 0 saturated carbocycles. The first kappa shape index (κ1) is 19.0. The smallest absolute Gasteiger partial charge is 1.00 e. The van der Waals surface area contributed by atoms with Crippen molar-refractivity contribution in [1.82, 2.24) is 0 Å². The summed E-state index contributed by atoms with van der Waals surface area (Å²) in [5.74, 6) is 0. The zero-order valence-electron chi connectivity index (χ0n) is 13.9. The molecule has 0 spiro atoms. The van der Waals surface area contributed by atoms with E-state index >= 15 is 0 Å². The van der Waals surface area contributed by atoms with Crippen LogP contribution in [0.5, 0.6) is 0 Å². The minimum absolute atomic E-state index is 0. The van der Waals surface area contributed by atoms with Gasteiger partial charge in [-0.15, -0.1) is 0 Å². The predicted molar refractivity (Wildman–Crippen MR) is 95.3 cm³/mol. The average Bonchev–Trinajstić information content (AvgIpc) is 3.13. The van der Waals surface area contributed by atoms with E-state index in [4.69, 9.17) is 0 Å². The van der Waals surface area contributed by atoms with Gasteiger partial charge < -0.3 is 9.41 Å². The number of hydrogen-bond donors (Lipinski definition) is 0. The second kappa shape index (κ2) is 7.73. The topological polar surface area (TPSA) is 0 Å². The summed E-state index contributed by atoms with van der Waals surface area (Å²) in [6, 6.07) is 18.1. The number of benzene rings is 2. The zero-order chi connectivity index (χ0) is 15.1. The Bertz CT molecular complexity index is 708. The van der Waals surface area contributed by atoms with Crippen LogP contribution in [0.2, 0.25) is 13.1 Å². The maximum absolute atomic E-state index is 2.58. The van der Waals surface area contributed by atoms with Gasteiger partial charge in [0.15, 0.2) is 0 Å². The summed E-state index contributed by atoms with van der Waals surface area (Å²) >= 11 is -1.25. The molecule has 0 bridgehead atoms. The van der Waals surface area contributed by atoms with Crippen LogP contribution in [0.3, 0.4) is 0 Å². The number of allylic oxidation sites excluding steroid dienone is 2. The molecule has 0 N–H and O–H groups in total. The van der Waals surface area contributed by atoms with E-state index < -0.39 is 23.8 Å². The van der Waals surface area contributed by atoms with E-state index in [1.165, 1.54) is 11.1 Å². The van der Waals surface area contributed by atoms with E-state index in [-0.39, 0.29) is 9.41 Å². The Morgan fingerprint density at radius 3 is 1.54 bits per heavy atom. The molecule has 0 heterocycles. The standard InChI is InChI=1S/2C9H7.C2H7Si.2FH.Ti/c2*1-2-5-9-7-3-6-8(9)4-1;1-3-2;;;/h2*1-7H;3H,1-2H3;2*1H;/q;;;;;+2/p-2. The summed E-state index contributed by atoms with van der Waals surface area (Å²) in [6.07, 6.45) is 9.80. The molecule has 24 heavy (non-hydrogen) atoms. The molecule has 0 amide bonds. The molecule has 0 aromatic heterocycles. The van der Waals surface area contributed by atoms with Crippen molar-refractivity contribution in [3.05, 3.63) is 82.9 Å². The number of fused-ring (bicyclic) bond motifs is 2. The normalized spacial score (nSPS) is 19.5. The van der Waals surface area contributed by atoms with Crippen LogP contribution in [0.4, 0.5) is 0 Å². The number of hydrogen-bond acceptors (Lipinski definition) is 0. The van der Waals surface area contributed by atoms with Gasteiger partial charge in [-0.1, -0.05) is 0 Å². The van der Waals surface area contributed by atoms with Crippen LogP contribution in [0.1, 0.15) is 30.7 Å². The van der Waals surface area contributed by atoms with Gasteiger partial charge >= 0.3 is 140 Å². The van der Waals surface area contributed by atoms with Gasteiger partial charge in [-0.3, -0.25) is 0 Å². The Hall–Kier alpha value is -1.29. The van der Waals surface area contributed by atoms with Crippen LogP contribution in [0, 0.1) is 0 Å². The summed E-state index contributed by atoms with van der Waals surface area (Å²) in [4.78, 5) is 0. The van der Waals surface area contributed by atoms with Crippen LogP contribution < -0.4 is 9.41 Å². The molecule has 123 valence electrons. The molecule has 0 aliphatic heterocycles. The van der Waals surface area contributed by atoms with E-state index in [1.54, 1.807) is 11.1 Å². The first-order valence-electron chi connectivity index (χ1n) is 8.16. The Kier molecular flexibility index (Phi) is 6.13. The van der Waals surface area contributed by atoms with Crippen molar-refractivity contribution in [2.45, 2.75) is 21.5 Å². The third kappa shape index (κ3) is 3.13. The van der Waals surface area contributed by atoms with Crippen molar-refractivity contribution in [2.75, 3.05) is 0 Å². The number of halogens is 2. The molecule has 0 nitrogen and oxygen atoms in total. The fourth-order valence-electron chi connectivity index (χ4n) is 3.99. The maximum atomic E-state index is 2.58. The van der Waals surface area contributed by atoms with Gasteiger partial charge in [0, 0.05) is 0 Å². The third-order valence-electron chi connectivity index (χ3n) is 4.98. The molecular formula is C20H21F2SiTi.